The maximum Gasteiger partial charge on any atom is 0.254 e. The molecule has 0 aromatic heterocycles. The van der Waals surface area contributed by atoms with E-state index in [9.17, 15) is 9.59 Å². The molecule has 0 unspecified atom stereocenters. The molecule has 3 aromatic rings. The largest absolute Gasteiger partial charge is 0.336 e. The molecule has 0 radical (unpaired) electrons. The highest BCUT2D eigenvalue weighted by Crippen LogP contribution is 2.20. The molecule has 4 heteroatoms. The van der Waals surface area contributed by atoms with E-state index in [2.05, 4.69) is 0 Å². The van der Waals surface area contributed by atoms with Crippen molar-refractivity contribution in [3.8, 4) is 0 Å². The molecular weight excluding hydrogens is 348 g/mol. The zero-order valence-corrected chi connectivity index (χ0v) is 15.6. The first-order valence-corrected chi connectivity index (χ1v) is 9.51. The second kappa shape index (κ2) is 8.09. The van der Waals surface area contributed by atoms with Crippen LogP contribution in [-0.2, 0) is 4.79 Å². The molecule has 0 atom stereocenters. The van der Waals surface area contributed by atoms with E-state index in [1.54, 1.807) is 11.0 Å². The van der Waals surface area contributed by atoms with E-state index in [4.69, 9.17) is 0 Å². The molecule has 0 bridgehead atoms. The summed E-state index contributed by atoms with van der Waals surface area (Å²) < 4.78 is 0. The summed E-state index contributed by atoms with van der Waals surface area (Å²) in [5.41, 5.74) is 1.72. The Labute approximate surface area is 164 Å². The molecule has 0 saturated carbocycles. The first kappa shape index (κ1) is 18.0. The van der Waals surface area contributed by atoms with Crippen molar-refractivity contribution in [3.05, 3.63) is 90.0 Å². The van der Waals surface area contributed by atoms with Gasteiger partial charge in [-0.25, -0.2) is 0 Å². The van der Waals surface area contributed by atoms with Gasteiger partial charge in [0.05, 0.1) is 0 Å². The lowest BCUT2D eigenvalue weighted by atomic mass is 10.0. The van der Waals surface area contributed by atoms with Crippen LogP contribution in [0.1, 0.15) is 15.9 Å². The molecule has 1 aliphatic heterocycles. The quantitative estimate of drug-likeness (QED) is 0.658. The van der Waals surface area contributed by atoms with Gasteiger partial charge < -0.3 is 9.80 Å². The van der Waals surface area contributed by atoms with Crippen LogP contribution < -0.4 is 0 Å². The summed E-state index contributed by atoms with van der Waals surface area (Å²) in [7, 11) is 0. The molecular formula is C24H22N2O2. The Bertz CT molecular complexity index is 1010. The van der Waals surface area contributed by atoms with Crippen LogP contribution in [0.4, 0.5) is 0 Å². The van der Waals surface area contributed by atoms with Gasteiger partial charge in [-0.05, 0) is 28.5 Å². The van der Waals surface area contributed by atoms with Gasteiger partial charge in [-0.15, -0.1) is 0 Å². The molecule has 4 nitrogen and oxygen atoms in total. The van der Waals surface area contributed by atoms with Gasteiger partial charge in [-0.1, -0.05) is 66.7 Å². The average Bonchev–Trinajstić information content (AvgIpc) is 2.77. The molecule has 1 aliphatic rings. The smallest absolute Gasteiger partial charge is 0.254 e. The minimum Gasteiger partial charge on any atom is -0.336 e. The molecule has 28 heavy (non-hydrogen) atoms. The molecule has 0 spiro atoms. The number of amides is 2. The molecule has 3 aromatic carbocycles. The standard InChI is InChI=1S/C24H22N2O2/c27-23(14-13-19-7-2-1-3-8-19)25-15-17-26(18-16-25)24(28)22-12-6-10-20-9-4-5-11-21(20)22/h1-14H,15-18H2/b14-13+. The van der Waals surface area contributed by atoms with Crippen LogP contribution in [0.3, 0.4) is 0 Å². The summed E-state index contributed by atoms with van der Waals surface area (Å²) in [6.07, 6.45) is 3.44. The van der Waals surface area contributed by atoms with Crippen LogP contribution in [0.25, 0.3) is 16.8 Å². The zero-order chi connectivity index (χ0) is 19.3. The highest BCUT2D eigenvalue weighted by atomic mass is 16.2. The van der Waals surface area contributed by atoms with Crippen molar-refractivity contribution in [3.63, 3.8) is 0 Å². The van der Waals surface area contributed by atoms with Crippen LogP contribution in [0.5, 0.6) is 0 Å². The van der Waals surface area contributed by atoms with Crippen molar-refractivity contribution in [2.75, 3.05) is 26.2 Å². The van der Waals surface area contributed by atoms with Crippen molar-refractivity contribution in [2.45, 2.75) is 0 Å². The second-order valence-corrected chi connectivity index (χ2v) is 6.89. The number of fused-ring (bicyclic) bond motifs is 1. The summed E-state index contributed by atoms with van der Waals surface area (Å²) in [4.78, 5) is 29.1. The number of benzene rings is 3. The molecule has 0 N–H and O–H groups in total. The topological polar surface area (TPSA) is 40.6 Å². The average molecular weight is 370 g/mol. The lowest BCUT2D eigenvalue weighted by Gasteiger charge is -2.34. The first-order chi connectivity index (χ1) is 13.7. The number of hydrogen-bond donors (Lipinski definition) is 0. The highest BCUT2D eigenvalue weighted by Gasteiger charge is 2.24. The summed E-state index contributed by atoms with van der Waals surface area (Å²) in [5, 5.41) is 2.03. The number of rotatable bonds is 3. The molecule has 4 rings (SSSR count). The fraction of sp³-hybridized carbons (Fsp3) is 0.167. The normalized spacial score (nSPS) is 14.6. The lowest BCUT2D eigenvalue weighted by molar-refractivity contribution is -0.127. The van der Waals surface area contributed by atoms with Gasteiger partial charge in [0, 0.05) is 37.8 Å². The Kier molecular flexibility index (Phi) is 5.20. The van der Waals surface area contributed by atoms with E-state index in [0.29, 0.717) is 26.2 Å². The third-order valence-electron chi connectivity index (χ3n) is 5.12. The zero-order valence-electron chi connectivity index (χ0n) is 15.6. The maximum atomic E-state index is 13.0. The van der Waals surface area contributed by atoms with Crippen molar-refractivity contribution in [1.82, 2.24) is 9.80 Å². The Hall–Kier alpha value is -3.40. The Balaban J connectivity index is 1.40. The van der Waals surface area contributed by atoms with Gasteiger partial charge >= 0.3 is 0 Å². The second-order valence-electron chi connectivity index (χ2n) is 6.89. The van der Waals surface area contributed by atoms with E-state index in [1.165, 1.54) is 0 Å². The number of piperazine rings is 1. The van der Waals surface area contributed by atoms with E-state index < -0.39 is 0 Å². The van der Waals surface area contributed by atoms with Crippen molar-refractivity contribution in [1.29, 1.82) is 0 Å². The molecule has 140 valence electrons. The van der Waals surface area contributed by atoms with Gasteiger partial charge in [0.2, 0.25) is 5.91 Å². The maximum absolute atomic E-state index is 13.0. The molecule has 2 amide bonds. The highest BCUT2D eigenvalue weighted by molar-refractivity contribution is 6.07. The van der Waals surface area contributed by atoms with E-state index in [1.807, 2.05) is 83.8 Å². The molecule has 1 fully saturated rings. The van der Waals surface area contributed by atoms with Gasteiger partial charge in [0.25, 0.3) is 5.91 Å². The fourth-order valence-electron chi connectivity index (χ4n) is 3.55. The molecule has 1 saturated heterocycles. The van der Waals surface area contributed by atoms with Crippen molar-refractivity contribution < 1.29 is 9.59 Å². The summed E-state index contributed by atoms with van der Waals surface area (Å²) in [6, 6.07) is 23.5. The third kappa shape index (κ3) is 3.81. The Morgan fingerprint density at radius 2 is 1.36 bits per heavy atom. The van der Waals surface area contributed by atoms with E-state index >= 15 is 0 Å². The van der Waals surface area contributed by atoms with Crippen LogP contribution >= 0.6 is 0 Å². The van der Waals surface area contributed by atoms with E-state index in [0.717, 1.165) is 21.9 Å². The monoisotopic (exact) mass is 370 g/mol. The Morgan fingerprint density at radius 1 is 0.714 bits per heavy atom. The fourth-order valence-corrected chi connectivity index (χ4v) is 3.55. The number of nitrogens with zero attached hydrogens (tertiary/aromatic N) is 2. The van der Waals surface area contributed by atoms with Crippen LogP contribution in [0.15, 0.2) is 78.9 Å². The van der Waals surface area contributed by atoms with Crippen molar-refractivity contribution >= 4 is 28.7 Å². The third-order valence-corrected chi connectivity index (χ3v) is 5.12. The first-order valence-electron chi connectivity index (χ1n) is 9.51. The lowest BCUT2D eigenvalue weighted by Crippen LogP contribution is -2.50. The van der Waals surface area contributed by atoms with Gasteiger partial charge in [0.15, 0.2) is 0 Å². The number of carbonyl (C=O) groups is 2. The summed E-state index contributed by atoms with van der Waals surface area (Å²) in [6.45, 7) is 2.20. The van der Waals surface area contributed by atoms with E-state index in [-0.39, 0.29) is 11.8 Å². The van der Waals surface area contributed by atoms with Gasteiger partial charge in [-0.2, -0.15) is 0 Å². The van der Waals surface area contributed by atoms with Crippen molar-refractivity contribution in [2.24, 2.45) is 0 Å². The molecule has 1 heterocycles. The van der Waals surface area contributed by atoms with Crippen LogP contribution in [0.2, 0.25) is 0 Å². The predicted molar refractivity (Wildman–Crippen MR) is 112 cm³/mol. The molecule has 0 aliphatic carbocycles. The van der Waals surface area contributed by atoms with Crippen LogP contribution in [-0.4, -0.2) is 47.8 Å². The number of carbonyl (C=O) groups excluding carboxylic acids is 2. The van der Waals surface area contributed by atoms with Gasteiger partial charge in [0.1, 0.15) is 0 Å². The Morgan fingerprint density at radius 3 is 2.14 bits per heavy atom. The van der Waals surface area contributed by atoms with Crippen LogP contribution in [0, 0.1) is 0 Å². The summed E-state index contributed by atoms with van der Waals surface area (Å²) >= 11 is 0. The van der Waals surface area contributed by atoms with Gasteiger partial charge in [-0.3, -0.25) is 9.59 Å². The minimum atomic E-state index is -0.0129. The predicted octanol–water partition coefficient (Wildman–Crippen LogP) is 3.84. The minimum absolute atomic E-state index is 0.0129. The number of hydrogen-bond acceptors (Lipinski definition) is 2. The SMILES string of the molecule is O=C(/C=C/c1ccccc1)N1CCN(C(=O)c2cccc3ccccc23)CC1. The summed E-state index contributed by atoms with van der Waals surface area (Å²) in [5.74, 6) is 0.0184.